The van der Waals surface area contributed by atoms with Crippen LogP contribution < -0.4 is 0 Å². The summed E-state index contributed by atoms with van der Waals surface area (Å²) in [5.74, 6) is 0.419. The van der Waals surface area contributed by atoms with E-state index >= 15 is 0 Å². The van der Waals surface area contributed by atoms with Crippen molar-refractivity contribution in [3.8, 4) is 0 Å². The van der Waals surface area contributed by atoms with Gasteiger partial charge in [-0.1, -0.05) is 162 Å². The fraction of sp³-hybridized carbons (Fsp3) is 0.438. The molecule has 0 amide bonds. The van der Waals surface area contributed by atoms with Crippen molar-refractivity contribution in [1.29, 1.82) is 0 Å². The number of benzene rings is 3. The SMILES string of the molecule is CCCCCCCCCCCCC(c1ccccc1)C(P)(c1ccccc1)c1ccccc1.I. The lowest BCUT2D eigenvalue weighted by Crippen LogP contribution is -2.29. The molecule has 0 aliphatic rings. The van der Waals surface area contributed by atoms with Gasteiger partial charge in [-0.15, -0.1) is 33.2 Å². The molecule has 2 heteroatoms. The molecular formula is C32H44IP. The number of hydrogen-bond donors (Lipinski definition) is 0. The Bertz CT molecular complexity index is 839. The minimum atomic E-state index is -0.136. The van der Waals surface area contributed by atoms with Crippen LogP contribution in [0.4, 0.5) is 0 Å². The molecule has 184 valence electrons. The molecular weight excluding hydrogens is 542 g/mol. The molecule has 0 saturated carbocycles. The largest absolute Gasteiger partial charge is 0.121 e. The molecule has 0 radical (unpaired) electrons. The molecule has 0 nitrogen and oxygen atoms in total. The van der Waals surface area contributed by atoms with Gasteiger partial charge < -0.3 is 0 Å². The zero-order valence-electron chi connectivity index (χ0n) is 21.0. The van der Waals surface area contributed by atoms with Crippen molar-refractivity contribution in [3.63, 3.8) is 0 Å². The monoisotopic (exact) mass is 586 g/mol. The van der Waals surface area contributed by atoms with Crippen LogP contribution in [-0.4, -0.2) is 0 Å². The zero-order valence-corrected chi connectivity index (χ0v) is 24.5. The summed E-state index contributed by atoms with van der Waals surface area (Å²) in [6.45, 7) is 2.29. The zero-order chi connectivity index (χ0) is 23.2. The van der Waals surface area contributed by atoms with Crippen LogP contribution in [0, 0.1) is 0 Å². The van der Waals surface area contributed by atoms with E-state index in [9.17, 15) is 0 Å². The highest BCUT2D eigenvalue weighted by Gasteiger charge is 2.38. The highest BCUT2D eigenvalue weighted by Crippen LogP contribution is 2.51. The van der Waals surface area contributed by atoms with Gasteiger partial charge in [0.2, 0.25) is 0 Å². The first-order valence-corrected chi connectivity index (χ1v) is 13.8. The van der Waals surface area contributed by atoms with Gasteiger partial charge in [-0.25, -0.2) is 0 Å². The summed E-state index contributed by atoms with van der Waals surface area (Å²) in [7, 11) is 3.29. The van der Waals surface area contributed by atoms with Gasteiger partial charge in [-0.05, 0) is 23.1 Å². The quantitative estimate of drug-likeness (QED) is 0.0944. The second-order valence-electron chi connectivity index (χ2n) is 9.53. The average Bonchev–Trinajstić information content (AvgIpc) is 2.88. The van der Waals surface area contributed by atoms with E-state index in [1.165, 1.54) is 87.3 Å². The summed E-state index contributed by atoms with van der Waals surface area (Å²) in [4.78, 5) is 0. The summed E-state index contributed by atoms with van der Waals surface area (Å²) in [5.41, 5.74) is 4.19. The fourth-order valence-corrected chi connectivity index (χ4v) is 5.92. The van der Waals surface area contributed by atoms with Crippen molar-refractivity contribution in [2.75, 3.05) is 0 Å². The van der Waals surface area contributed by atoms with E-state index in [-0.39, 0.29) is 29.1 Å². The second-order valence-corrected chi connectivity index (χ2v) is 10.4. The van der Waals surface area contributed by atoms with Crippen molar-refractivity contribution < 1.29 is 0 Å². The maximum Gasteiger partial charge on any atom is 0.0412 e. The van der Waals surface area contributed by atoms with Crippen LogP contribution >= 0.6 is 33.2 Å². The Balaban J connectivity index is 0.00000408. The van der Waals surface area contributed by atoms with Gasteiger partial charge in [-0.2, -0.15) is 0 Å². The molecule has 0 spiro atoms. The Morgan fingerprint density at radius 1 is 0.559 bits per heavy atom. The number of unbranched alkanes of at least 4 members (excludes halogenated alkanes) is 9. The summed E-state index contributed by atoms with van der Waals surface area (Å²) in [6.07, 6.45) is 15.0. The number of hydrogen-bond acceptors (Lipinski definition) is 0. The molecule has 3 aromatic rings. The summed E-state index contributed by atoms with van der Waals surface area (Å²) < 4.78 is 0. The molecule has 0 N–H and O–H groups in total. The predicted octanol–water partition coefficient (Wildman–Crippen LogP) is 10.5. The van der Waals surface area contributed by atoms with E-state index < -0.39 is 0 Å². The Morgan fingerprint density at radius 3 is 1.38 bits per heavy atom. The first-order chi connectivity index (χ1) is 16.3. The number of halogens is 1. The van der Waals surface area contributed by atoms with Crippen LogP contribution in [0.3, 0.4) is 0 Å². The summed E-state index contributed by atoms with van der Waals surface area (Å²) in [6, 6.07) is 33.3. The normalized spacial score (nSPS) is 12.2. The Kier molecular flexibility index (Phi) is 14.1. The van der Waals surface area contributed by atoms with Crippen LogP contribution in [0.1, 0.15) is 100 Å². The topological polar surface area (TPSA) is 0 Å². The van der Waals surface area contributed by atoms with E-state index in [0.717, 1.165) is 0 Å². The van der Waals surface area contributed by atoms with Crippen LogP contribution in [-0.2, 0) is 5.16 Å². The van der Waals surface area contributed by atoms with Gasteiger partial charge in [0.15, 0.2) is 0 Å². The van der Waals surface area contributed by atoms with Crippen molar-refractivity contribution in [2.45, 2.75) is 88.6 Å². The minimum Gasteiger partial charge on any atom is -0.121 e. The maximum absolute atomic E-state index is 3.29. The van der Waals surface area contributed by atoms with Crippen LogP contribution in [0.5, 0.6) is 0 Å². The van der Waals surface area contributed by atoms with Gasteiger partial charge in [0, 0.05) is 11.1 Å². The van der Waals surface area contributed by atoms with Crippen molar-refractivity contribution in [3.05, 3.63) is 108 Å². The van der Waals surface area contributed by atoms with E-state index in [1.807, 2.05) is 0 Å². The van der Waals surface area contributed by atoms with Gasteiger partial charge in [0.25, 0.3) is 0 Å². The molecule has 0 fully saturated rings. The smallest absolute Gasteiger partial charge is 0.0412 e. The van der Waals surface area contributed by atoms with Crippen LogP contribution in [0.15, 0.2) is 91.0 Å². The molecule has 3 rings (SSSR count). The van der Waals surface area contributed by atoms with Crippen molar-refractivity contribution in [1.82, 2.24) is 0 Å². The van der Waals surface area contributed by atoms with Crippen LogP contribution in [0.2, 0.25) is 0 Å². The predicted molar refractivity (Wildman–Crippen MR) is 164 cm³/mol. The third-order valence-corrected chi connectivity index (χ3v) is 8.17. The fourth-order valence-electron chi connectivity index (χ4n) is 5.18. The highest BCUT2D eigenvalue weighted by molar-refractivity contribution is 14.0. The molecule has 0 aliphatic heterocycles. The minimum absolute atomic E-state index is 0. The molecule has 3 aromatic carbocycles. The molecule has 2 atom stereocenters. The lowest BCUT2D eigenvalue weighted by molar-refractivity contribution is 0.476. The van der Waals surface area contributed by atoms with Crippen molar-refractivity contribution in [2.24, 2.45) is 0 Å². The van der Waals surface area contributed by atoms with Gasteiger partial charge in [-0.3, -0.25) is 0 Å². The highest BCUT2D eigenvalue weighted by atomic mass is 127. The molecule has 0 bridgehead atoms. The van der Waals surface area contributed by atoms with E-state index in [2.05, 4.69) is 107 Å². The second kappa shape index (κ2) is 16.5. The van der Waals surface area contributed by atoms with E-state index in [4.69, 9.17) is 0 Å². The molecule has 34 heavy (non-hydrogen) atoms. The molecule has 0 aromatic heterocycles. The summed E-state index contributed by atoms with van der Waals surface area (Å²) in [5, 5.41) is -0.136. The molecule has 2 unspecified atom stereocenters. The Labute approximate surface area is 228 Å². The van der Waals surface area contributed by atoms with E-state index in [1.54, 1.807) is 0 Å². The lowest BCUT2D eigenvalue weighted by Gasteiger charge is -2.39. The standard InChI is InChI=1S/C32H43P.HI/c1-2-3-4-5-6-7-8-9-10-20-27-31(28-21-14-11-15-22-28)32(33,29-23-16-12-17-24-29)30-25-18-13-19-26-30;/h11-19,21-26,31H,2-10,20,27,33H2,1H3;1H. The first kappa shape index (κ1) is 29.1. The van der Waals surface area contributed by atoms with Gasteiger partial charge in [0.05, 0.1) is 0 Å². The van der Waals surface area contributed by atoms with Gasteiger partial charge >= 0.3 is 0 Å². The van der Waals surface area contributed by atoms with E-state index in [0.29, 0.717) is 5.92 Å². The molecule has 0 saturated heterocycles. The van der Waals surface area contributed by atoms with Gasteiger partial charge in [0.1, 0.15) is 0 Å². The third-order valence-electron chi connectivity index (χ3n) is 7.10. The third kappa shape index (κ3) is 8.49. The summed E-state index contributed by atoms with van der Waals surface area (Å²) >= 11 is 0. The average molecular weight is 587 g/mol. The first-order valence-electron chi connectivity index (χ1n) is 13.2. The Morgan fingerprint density at radius 2 is 0.941 bits per heavy atom. The Hall–Kier alpha value is -1.18. The lowest BCUT2D eigenvalue weighted by atomic mass is 9.74. The maximum atomic E-state index is 3.29. The van der Waals surface area contributed by atoms with Crippen LogP contribution in [0.25, 0.3) is 0 Å². The van der Waals surface area contributed by atoms with Crippen molar-refractivity contribution >= 4 is 33.2 Å². The molecule has 0 heterocycles. The number of rotatable bonds is 15. The molecule has 0 aliphatic carbocycles.